The first-order valence-electron chi connectivity index (χ1n) is 7.87. The summed E-state index contributed by atoms with van der Waals surface area (Å²) in [6, 6.07) is 8.91. The molecule has 0 aromatic heterocycles. The molecule has 4 nitrogen and oxygen atoms in total. The number of aliphatic imine (C=N–C) groups is 1. The molecule has 1 aromatic carbocycles. The molecule has 0 amide bonds. The first-order chi connectivity index (χ1) is 10.2. The molecule has 0 radical (unpaired) electrons. The fourth-order valence-corrected chi connectivity index (χ4v) is 2.82. The highest BCUT2D eigenvalue weighted by Gasteiger charge is 2.19. The van der Waals surface area contributed by atoms with Gasteiger partial charge in [0.25, 0.3) is 0 Å². The van der Waals surface area contributed by atoms with Gasteiger partial charge in [0, 0.05) is 27.2 Å². The summed E-state index contributed by atoms with van der Waals surface area (Å²) in [5.41, 5.74) is 2.76. The molecule has 0 unspecified atom stereocenters. The summed E-state index contributed by atoms with van der Waals surface area (Å²) in [4.78, 5) is 6.72. The number of benzene rings is 1. The highest BCUT2D eigenvalue weighted by Crippen LogP contribution is 2.18. The fourth-order valence-electron chi connectivity index (χ4n) is 2.82. The number of piperidine rings is 1. The van der Waals surface area contributed by atoms with Crippen molar-refractivity contribution in [2.75, 3.05) is 33.7 Å². The second kappa shape index (κ2) is 10.0. The van der Waals surface area contributed by atoms with Crippen molar-refractivity contribution in [3.05, 3.63) is 35.4 Å². The highest BCUT2D eigenvalue weighted by molar-refractivity contribution is 14.0. The summed E-state index contributed by atoms with van der Waals surface area (Å²) in [5, 5.41) is 6.45. The predicted molar refractivity (Wildman–Crippen MR) is 105 cm³/mol. The Morgan fingerprint density at radius 2 is 1.86 bits per heavy atom. The quantitative estimate of drug-likeness (QED) is 0.451. The fraction of sp³-hybridized carbons (Fsp3) is 0.588. The van der Waals surface area contributed by atoms with Crippen LogP contribution in [-0.2, 0) is 6.54 Å². The highest BCUT2D eigenvalue weighted by atomic mass is 127. The lowest BCUT2D eigenvalue weighted by Gasteiger charge is -2.32. The van der Waals surface area contributed by atoms with E-state index in [-0.39, 0.29) is 24.0 Å². The maximum Gasteiger partial charge on any atom is 0.190 e. The third-order valence-electron chi connectivity index (χ3n) is 4.25. The molecular weight excluding hydrogens is 387 g/mol. The van der Waals surface area contributed by atoms with E-state index in [0.717, 1.165) is 25.0 Å². The number of nitrogens with zero attached hydrogens (tertiary/aromatic N) is 2. The monoisotopic (exact) mass is 416 g/mol. The van der Waals surface area contributed by atoms with Gasteiger partial charge in [-0.25, -0.2) is 0 Å². The molecule has 1 aliphatic heterocycles. The van der Waals surface area contributed by atoms with Gasteiger partial charge in [-0.3, -0.25) is 9.89 Å². The minimum Gasteiger partial charge on any atom is -0.359 e. The van der Waals surface area contributed by atoms with Crippen molar-refractivity contribution < 1.29 is 0 Å². The predicted octanol–water partition coefficient (Wildman–Crippen LogP) is 2.62. The van der Waals surface area contributed by atoms with E-state index in [1.165, 1.54) is 37.1 Å². The third-order valence-corrected chi connectivity index (χ3v) is 4.25. The normalized spacial score (nSPS) is 17.0. The molecule has 2 rings (SSSR count). The topological polar surface area (TPSA) is 39.7 Å². The van der Waals surface area contributed by atoms with E-state index in [1.807, 2.05) is 14.1 Å². The van der Waals surface area contributed by atoms with Crippen LogP contribution in [-0.4, -0.2) is 44.6 Å². The summed E-state index contributed by atoms with van der Waals surface area (Å²) in [6.45, 7) is 6.63. The van der Waals surface area contributed by atoms with Crippen LogP contribution >= 0.6 is 24.0 Å². The second-order valence-electron chi connectivity index (χ2n) is 5.91. The van der Waals surface area contributed by atoms with Gasteiger partial charge in [0.15, 0.2) is 5.96 Å². The van der Waals surface area contributed by atoms with Crippen molar-refractivity contribution in [2.24, 2.45) is 10.9 Å². The van der Waals surface area contributed by atoms with E-state index in [4.69, 9.17) is 0 Å². The molecule has 0 saturated carbocycles. The van der Waals surface area contributed by atoms with Crippen LogP contribution < -0.4 is 10.6 Å². The zero-order chi connectivity index (χ0) is 15.1. The number of guanidine groups is 1. The molecule has 1 aliphatic rings. The Kier molecular flexibility index (Phi) is 8.78. The van der Waals surface area contributed by atoms with E-state index < -0.39 is 0 Å². The van der Waals surface area contributed by atoms with Crippen LogP contribution in [0, 0.1) is 12.8 Å². The largest absolute Gasteiger partial charge is 0.359 e. The van der Waals surface area contributed by atoms with E-state index in [0.29, 0.717) is 0 Å². The van der Waals surface area contributed by atoms with Crippen molar-refractivity contribution in [1.82, 2.24) is 15.5 Å². The first-order valence-corrected chi connectivity index (χ1v) is 7.87. The van der Waals surface area contributed by atoms with Gasteiger partial charge in [-0.1, -0.05) is 29.8 Å². The standard InChI is InChI=1S/C17H28N4.HI/c1-14-4-6-16(7-5-14)13-21-10-8-15(9-11-21)12-20-17(18-2)19-3;/h4-7,15H,8-13H2,1-3H3,(H2,18,19,20);1H. The van der Waals surface area contributed by atoms with Crippen LogP contribution in [0.5, 0.6) is 0 Å². The molecular formula is C17H29IN4. The third kappa shape index (κ3) is 6.12. The number of rotatable bonds is 4. The van der Waals surface area contributed by atoms with Crippen LogP contribution in [0.15, 0.2) is 29.3 Å². The number of halogens is 1. The van der Waals surface area contributed by atoms with E-state index in [9.17, 15) is 0 Å². The lowest BCUT2D eigenvalue weighted by Crippen LogP contribution is -2.41. The van der Waals surface area contributed by atoms with Gasteiger partial charge in [0.05, 0.1) is 0 Å². The van der Waals surface area contributed by atoms with Crippen LogP contribution in [0.25, 0.3) is 0 Å². The lowest BCUT2D eigenvalue weighted by atomic mass is 9.96. The van der Waals surface area contributed by atoms with Gasteiger partial charge >= 0.3 is 0 Å². The lowest BCUT2D eigenvalue weighted by molar-refractivity contribution is 0.178. The molecule has 0 atom stereocenters. The summed E-state index contributed by atoms with van der Waals surface area (Å²) < 4.78 is 0. The Balaban J connectivity index is 0.00000242. The molecule has 22 heavy (non-hydrogen) atoms. The Labute approximate surface area is 151 Å². The number of aryl methyl sites for hydroxylation is 1. The first kappa shape index (κ1) is 19.2. The van der Waals surface area contributed by atoms with Crippen molar-refractivity contribution >= 4 is 29.9 Å². The van der Waals surface area contributed by atoms with Gasteiger partial charge in [-0.15, -0.1) is 24.0 Å². The van der Waals surface area contributed by atoms with Gasteiger partial charge in [0.2, 0.25) is 0 Å². The van der Waals surface area contributed by atoms with Crippen molar-refractivity contribution in [2.45, 2.75) is 26.3 Å². The van der Waals surface area contributed by atoms with Crippen LogP contribution in [0.4, 0.5) is 0 Å². The van der Waals surface area contributed by atoms with Gasteiger partial charge in [0.1, 0.15) is 0 Å². The smallest absolute Gasteiger partial charge is 0.190 e. The summed E-state index contributed by atoms with van der Waals surface area (Å²) in [6.07, 6.45) is 2.53. The minimum atomic E-state index is 0. The Morgan fingerprint density at radius 1 is 1.23 bits per heavy atom. The Morgan fingerprint density at radius 3 is 2.41 bits per heavy atom. The van der Waals surface area contributed by atoms with Crippen molar-refractivity contribution in [3.8, 4) is 0 Å². The van der Waals surface area contributed by atoms with Crippen molar-refractivity contribution in [3.63, 3.8) is 0 Å². The zero-order valence-corrected chi connectivity index (χ0v) is 16.3. The van der Waals surface area contributed by atoms with Crippen LogP contribution in [0.3, 0.4) is 0 Å². The average Bonchev–Trinajstić information content (AvgIpc) is 2.52. The van der Waals surface area contributed by atoms with E-state index in [2.05, 4.69) is 51.7 Å². The zero-order valence-electron chi connectivity index (χ0n) is 13.9. The van der Waals surface area contributed by atoms with Gasteiger partial charge in [-0.05, 0) is 44.3 Å². The molecule has 5 heteroatoms. The van der Waals surface area contributed by atoms with Crippen LogP contribution in [0.1, 0.15) is 24.0 Å². The number of nitrogens with one attached hydrogen (secondary N) is 2. The summed E-state index contributed by atoms with van der Waals surface area (Å²) in [7, 11) is 3.71. The Bertz CT molecular complexity index is 450. The molecule has 124 valence electrons. The average molecular weight is 416 g/mol. The number of likely N-dealkylation sites (tertiary alicyclic amines) is 1. The molecule has 0 aliphatic carbocycles. The molecule has 2 N–H and O–H groups in total. The van der Waals surface area contributed by atoms with E-state index >= 15 is 0 Å². The molecule has 1 aromatic rings. The van der Waals surface area contributed by atoms with E-state index in [1.54, 1.807) is 0 Å². The second-order valence-corrected chi connectivity index (χ2v) is 5.91. The number of hydrogen-bond donors (Lipinski definition) is 2. The molecule has 0 spiro atoms. The summed E-state index contributed by atoms with van der Waals surface area (Å²) >= 11 is 0. The maximum atomic E-state index is 4.15. The van der Waals surface area contributed by atoms with Gasteiger partial charge in [-0.2, -0.15) is 0 Å². The molecule has 1 heterocycles. The molecule has 1 fully saturated rings. The maximum absolute atomic E-state index is 4.15. The Hall–Kier alpha value is -0.820. The summed E-state index contributed by atoms with van der Waals surface area (Å²) in [5.74, 6) is 1.64. The minimum absolute atomic E-state index is 0. The molecule has 0 bridgehead atoms. The van der Waals surface area contributed by atoms with Crippen molar-refractivity contribution in [1.29, 1.82) is 0 Å². The van der Waals surface area contributed by atoms with Crippen LogP contribution in [0.2, 0.25) is 0 Å². The van der Waals surface area contributed by atoms with Gasteiger partial charge < -0.3 is 10.6 Å². The molecule has 1 saturated heterocycles. The SMILES string of the molecule is CN=C(NC)NCC1CCN(Cc2ccc(C)cc2)CC1.I. The number of hydrogen-bond acceptors (Lipinski definition) is 2.